The third-order valence-electron chi connectivity index (χ3n) is 4.20. The second kappa shape index (κ2) is 7.43. The number of allylic oxidation sites excluding steroid dienone is 3. The van der Waals surface area contributed by atoms with Crippen LogP contribution in [0.3, 0.4) is 0 Å². The number of halogens is 2. The van der Waals surface area contributed by atoms with Crippen molar-refractivity contribution < 1.29 is 18.7 Å². The molecule has 3 nitrogen and oxygen atoms in total. The fourth-order valence-electron chi connectivity index (χ4n) is 3.00. The summed E-state index contributed by atoms with van der Waals surface area (Å²) in [5.74, 6) is 0.233. The van der Waals surface area contributed by atoms with E-state index in [-0.39, 0.29) is 23.9 Å². The monoisotopic (exact) mass is 380 g/mol. The highest BCUT2D eigenvalue weighted by molar-refractivity contribution is 6.34. The predicted molar refractivity (Wildman–Crippen MR) is 105 cm³/mol. The number of benzene rings is 1. The average Bonchev–Trinajstić information content (AvgIpc) is 2.54. The molecule has 1 aliphatic heterocycles. The molecule has 1 aromatic carbocycles. The zero-order valence-electron chi connectivity index (χ0n) is 16.4. The molecule has 0 fully saturated rings. The average molecular weight is 381 g/mol. The van der Waals surface area contributed by atoms with Gasteiger partial charge in [-0.15, -0.1) is 0 Å². The minimum atomic E-state index is -0.846. The van der Waals surface area contributed by atoms with Gasteiger partial charge in [0.25, 0.3) is 0 Å². The van der Waals surface area contributed by atoms with Crippen molar-refractivity contribution in [3.05, 3.63) is 34.1 Å². The molecule has 26 heavy (non-hydrogen) atoms. The van der Waals surface area contributed by atoms with E-state index >= 15 is 0 Å². The van der Waals surface area contributed by atoms with Crippen molar-refractivity contribution in [2.24, 2.45) is 5.92 Å². The molecule has 0 aliphatic carbocycles. The van der Waals surface area contributed by atoms with Gasteiger partial charge in [0, 0.05) is 11.1 Å². The standard InChI is InChI=1S/C21H26ClFO3/c1-11(2)16-9-21(6,7)26-20-15(16)8-14(13(5)17(23)10-24)19(18(20)22)25-12(3)4/h8-12H,1-7H3. The second-order valence-corrected chi connectivity index (χ2v) is 8.04. The normalized spacial score (nSPS) is 16.7. The van der Waals surface area contributed by atoms with Gasteiger partial charge >= 0.3 is 0 Å². The maximum atomic E-state index is 14.0. The Morgan fingerprint density at radius 1 is 1.31 bits per heavy atom. The maximum absolute atomic E-state index is 14.0. The smallest absolute Gasteiger partial charge is 0.178 e. The summed E-state index contributed by atoms with van der Waals surface area (Å²) in [6, 6.07) is 1.80. The molecule has 1 aromatic rings. The van der Waals surface area contributed by atoms with Crippen LogP contribution in [0, 0.1) is 5.92 Å². The topological polar surface area (TPSA) is 35.5 Å². The highest BCUT2D eigenvalue weighted by Crippen LogP contribution is 2.50. The Morgan fingerprint density at radius 3 is 2.42 bits per heavy atom. The molecule has 1 aliphatic rings. The lowest BCUT2D eigenvalue weighted by atomic mass is 9.86. The van der Waals surface area contributed by atoms with Gasteiger partial charge in [0.1, 0.15) is 16.4 Å². The fourth-order valence-corrected chi connectivity index (χ4v) is 3.28. The number of carbonyl (C=O) groups excluding carboxylic acids is 1. The molecule has 0 unspecified atom stereocenters. The predicted octanol–water partition coefficient (Wildman–Crippen LogP) is 6.24. The quantitative estimate of drug-likeness (QED) is 0.448. The lowest BCUT2D eigenvalue weighted by Crippen LogP contribution is -2.30. The van der Waals surface area contributed by atoms with Crippen molar-refractivity contribution in [3.63, 3.8) is 0 Å². The SMILES string of the molecule is CC(=C(F)C=O)c1cc2c(c(Cl)c1OC(C)C)OC(C)(C)C=C2C(C)C. The van der Waals surface area contributed by atoms with Gasteiger partial charge in [0.05, 0.1) is 6.10 Å². The van der Waals surface area contributed by atoms with E-state index in [1.54, 1.807) is 13.0 Å². The van der Waals surface area contributed by atoms with E-state index in [0.29, 0.717) is 22.1 Å². The Labute approximate surface area is 159 Å². The summed E-state index contributed by atoms with van der Waals surface area (Å²) in [6.07, 6.45) is 2.08. The van der Waals surface area contributed by atoms with Gasteiger partial charge in [0.15, 0.2) is 17.9 Å². The number of hydrogen-bond donors (Lipinski definition) is 0. The summed E-state index contributed by atoms with van der Waals surface area (Å²) >= 11 is 6.65. The lowest BCUT2D eigenvalue weighted by molar-refractivity contribution is -0.106. The molecule has 5 heteroatoms. The Kier molecular flexibility index (Phi) is 5.86. The van der Waals surface area contributed by atoms with Crippen LogP contribution in [0.5, 0.6) is 11.5 Å². The van der Waals surface area contributed by atoms with Crippen LogP contribution in [0.2, 0.25) is 5.02 Å². The van der Waals surface area contributed by atoms with Gasteiger partial charge in [-0.1, -0.05) is 25.4 Å². The van der Waals surface area contributed by atoms with Crippen LogP contribution in [0.25, 0.3) is 11.1 Å². The van der Waals surface area contributed by atoms with Crippen molar-refractivity contribution in [1.29, 1.82) is 0 Å². The molecule has 1 heterocycles. The first kappa shape index (κ1) is 20.5. The van der Waals surface area contributed by atoms with Crippen molar-refractivity contribution in [1.82, 2.24) is 0 Å². The van der Waals surface area contributed by atoms with Crippen LogP contribution in [0.1, 0.15) is 59.6 Å². The number of carbonyl (C=O) groups is 1. The summed E-state index contributed by atoms with van der Waals surface area (Å²) in [5.41, 5.74) is 1.99. The number of rotatable bonds is 5. The molecule has 0 amide bonds. The number of hydrogen-bond acceptors (Lipinski definition) is 3. The maximum Gasteiger partial charge on any atom is 0.178 e. The van der Waals surface area contributed by atoms with E-state index in [1.807, 2.05) is 27.7 Å². The van der Waals surface area contributed by atoms with E-state index in [9.17, 15) is 9.18 Å². The minimum absolute atomic E-state index is 0.173. The van der Waals surface area contributed by atoms with Gasteiger partial charge in [-0.05, 0) is 63.8 Å². The second-order valence-electron chi connectivity index (χ2n) is 7.66. The lowest BCUT2D eigenvalue weighted by Gasteiger charge is -2.34. The number of fused-ring (bicyclic) bond motifs is 1. The molecule has 0 aromatic heterocycles. The molecule has 0 radical (unpaired) electrons. The first-order valence-corrected chi connectivity index (χ1v) is 9.13. The molecule has 2 rings (SSSR count). The zero-order valence-corrected chi connectivity index (χ0v) is 17.1. The Hall–Kier alpha value is -1.81. The third kappa shape index (κ3) is 3.96. The molecule has 0 saturated carbocycles. The van der Waals surface area contributed by atoms with Crippen LogP contribution in [-0.2, 0) is 4.79 Å². The van der Waals surface area contributed by atoms with Crippen molar-refractivity contribution in [2.45, 2.75) is 60.2 Å². The van der Waals surface area contributed by atoms with E-state index < -0.39 is 11.4 Å². The zero-order chi connectivity index (χ0) is 19.8. The number of aldehydes is 1. The van der Waals surface area contributed by atoms with Gasteiger partial charge in [0.2, 0.25) is 0 Å². The van der Waals surface area contributed by atoms with E-state index in [4.69, 9.17) is 21.1 Å². The molecular weight excluding hydrogens is 355 g/mol. The van der Waals surface area contributed by atoms with Crippen LogP contribution < -0.4 is 9.47 Å². The summed E-state index contributed by atoms with van der Waals surface area (Å²) in [5, 5.41) is 0.295. The summed E-state index contributed by atoms with van der Waals surface area (Å²) in [6.45, 7) is 13.3. The Balaban J connectivity index is 2.86. The van der Waals surface area contributed by atoms with Crippen molar-refractivity contribution in [3.8, 4) is 11.5 Å². The van der Waals surface area contributed by atoms with Gasteiger partial charge in [-0.25, -0.2) is 4.39 Å². The largest absolute Gasteiger partial charge is 0.489 e. The van der Waals surface area contributed by atoms with Crippen LogP contribution in [0.4, 0.5) is 4.39 Å². The van der Waals surface area contributed by atoms with Crippen LogP contribution in [0.15, 0.2) is 18.0 Å². The van der Waals surface area contributed by atoms with Crippen molar-refractivity contribution in [2.75, 3.05) is 0 Å². The van der Waals surface area contributed by atoms with Gasteiger partial charge in [-0.3, -0.25) is 4.79 Å². The first-order chi connectivity index (χ1) is 12.0. The van der Waals surface area contributed by atoms with Crippen LogP contribution in [-0.4, -0.2) is 18.0 Å². The Morgan fingerprint density at radius 2 is 1.92 bits per heavy atom. The van der Waals surface area contributed by atoms with E-state index in [2.05, 4.69) is 19.9 Å². The van der Waals surface area contributed by atoms with Gasteiger partial charge < -0.3 is 9.47 Å². The van der Waals surface area contributed by atoms with E-state index in [0.717, 1.165) is 11.1 Å². The molecule has 0 atom stereocenters. The minimum Gasteiger partial charge on any atom is -0.489 e. The Bertz CT molecular complexity index is 789. The van der Waals surface area contributed by atoms with Crippen LogP contribution >= 0.6 is 11.6 Å². The summed E-state index contributed by atoms with van der Waals surface area (Å²) in [4.78, 5) is 10.9. The molecule has 142 valence electrons. The molecule has 0 saturated heterocycles. The fraction of sp³-hybridized carbons (Fsp3) is 0.476. The highest BCUT2D eigenvalue weighted by atomic mass is 35.5. The first-order valence-electron chi connectivity index (χ1n) is 8.75. The van der Waals surface area contributed by atoms with Gasteiger partial charge in [-0.2, -0.15) is 0 Å². The summed E-state index contributed by atoms with van der Waals surface area (Å²) in [7, 11) is 0. The van der Waals surface area contributed by atoms with E-state index in [1.165, 1.54) is 0 Å². The molecule has 0 bridgehead atoms. The summed E-state index contributed by atoms with van der Waals surface area (Å²) < 4.78 is 26.0. The molecular formula is C21H26ClFO3. The molecule has 0 spiro atoms. The van der Waals surface area contributed by atoms with Crippen molar-refractivity contribution >= 4 is 29.0 Å². The highest BCUT2D eigenvalue weighted by Gasteiger charge is 2.32. The molecule has 0 N–H and O–H groups in total. The number of ether oxygens (including phenoxy) is 2. The third-order valence-corrected chi connectivity index (χ3v) is 4.54.